The number of benzene rings is 5. The second-order valence-electron chi connectivity index (χ2n) is 27.0. The Bertz CT molecular complexity index is 4210. The van der Waals surface area contributed by atoms with E-state index in [-0.39, 0.29) is 59.3 Å². The van der Waals surface area contributed by atoms with Gasteiger partial charge >= 0.3 is 5.97 Å². The highest BCUT2D eigenvalue weighted by Gasteiger charge is 2.53. The number of halogens is 2. The number of carbonyl (C=O) groups is 8. The molecular weight excluding hydrogens is 1450 g/mol. The molecule has 21 N–H and O–H groups in total. The van der Waals surface area contributed by atoms with Crippen LogP contribution in [0.1, 0.15) is 105 Å². The van der Waals surface area contributed by atoms with E-state index in [2.05, 4.69) is 37.2 Å². The molecule has 0 radical (unpaired) electrons. The molecule has 18 atom stereocenters. The first kappa shape index (κ1) is 80.3. The maximum Gasteiger partial charge on any atom is 0.330 e. The van der Waals surface area contributed by atoms with Gasteiger partial charge in [0, 0.05) is 42.3 Å². The van der Waals surface area contributed by atoms with E-state index >= 15 is 14.4 Å². The number of nitrogens with two attached hydrogens (primary N) is 1. The van der Waals surface area contributed by atoms with Gasteiger partial charge in [-0.3, -0.25) is 38.5 Å². The van der Waals surface area contributed by atoms with E-state index in [0.717, 1.165) is 66.7 Å². The standard InChI is InChI=1S/C70H83Cl2N9O26/c1-27(2)16-38(74-5)62(94)79-53-55(89)30-7-10-42(36(71)18-30)103-44-20-32-21-45(59(44)107-69-60(58(92)57(91)46(26-84)105-69)106-48-25-70(4,61(93)28(3)102-48)81(12-14-82)13-15-83)104-43-11-8-31(19-37(43)72)56(90)54-67(99)78-52(68(100)101)35-22-33(85)23-41(87)49(35)34-17-29(6-9-40(34)86)50(64(96)80-54)77-65(97)51(32)76-63(95)39(24-47(73)88)75-66(53)98/h6-11,17-23,27-28,38-39,46,48,50-58,60-61,69,74,82-87,89-93H,12-16,24-26H2,1-5H3,(H2,73,88)(H,75,98)(H,76,95)(H,77,97)(H,78,99)(H,79,94)(H,80,96)(H,100,101)/t28-,38+,39-,46+,48-,50+,51+,52-,53+,54-,55+,56+,57+,58-,60+,61+,69-,70-/m0/s1. The first-order chi connectivity index (χ1) is 50.7. The van der Waals surface area contributed by atoms with Gasteiger partial charge in [0.25, 0.3) is 0 Å². The lowest BCUT2D eigenvalue weighted by Gasteiger charge is -2.52. The number of β-amino-alcohol motifs (C(OH)–C–C–N with tert-alkyl or cyclic N) is 2. The fourth-order valence-electron chi connectivity index (χ4n) is 13.6. The summed E-state index contributed by atoms with van der Waals surface area (Å²) in [6, 6.07) is -0.921. The molecule has 0 aromatic heterocycles. The van der Waals surface area contributed by atoms with Crippen molar-refractivity contribution in [1.82, 2.24) is 42.1 Å². The molecule has 2 fully saturated rings. The summed E-state index contributed by atoms with van der Waals surface area (Å²) in [6.45, 7) is 4.76. The molecule has 12 rings (SSSR count). The molecule has 0 aliphatic carbocycles. The van der Waals surface area contributed by atoms with Crippen molar-refractivity contribution in [2.45, 2.75) is 156 Å². The van der Waals surface area contributed by atoms with Gasteiger partial charge < -0.3 is 133 Å². The number of primary amides is 1. The number of phenols is 3. The van der Waals surface area contributed by atoms with Gasteiger partial charge in [0.05, 0.1) is 60.1 Å². The number of carbonyl (C=O) groups excluding carboxylic acids is 7. The van der Waals surface area contributed by atoms with E-state index in [1.54, 1.807) is 11.8 Å². The number of aliphatic carboxylic acids is 1. The predicted molar refractivity (Wildman–Crippen MR) is 371 cm³/mol. The van der Waals surface area contributed by atoms with E-state index in [9.17, 15) is 85.3 Å². The lowest BCUT2D eigenvalue weighted by Crippen LogP contribution is -2.66. The van der Waals surface area contributed by atoms with Gasteiger partial charge in [-0.15, -0.1) is 0 Å². The second kappa shape index (κ2) is 33.5. The highest BCUT2D eigenvalue weighted by atomic mass is 35.5. The van der Waals surface area contributed by atoms with Crippen LogP contribution in [-0.2, 0) is 52.6 Å². The largest absolute Gasteiger partial charge is 0.508 e. The summed E-state index contributed by atoms with van der Waals surface area (Å²) in [5, 5.41) is 152. The number of carboxylic acid groups (broad SMARTS) is 1. The summed E-state index contributed by atoms with van der Waals surface area (Å²) < 4.78 is 38.9. The number of nitrogens with one attached hydrogen (secondary N) is 7. The van der Waals surface area contributed by atoms with Crippen LogP contribution in [0.5, 0.6) is 46.0 Å². The van der Waals surface area contributed by atoms with E-state index in [1.807, 2.05) is 13.8 Å². The van der Waals surface area contributed by atoms with Crippen LogP contribution in [0.25, 0.3) is 11.1 Å². The van der Waals surface area contributed by atoms with Crippen molar-refractivity contribution in [2.75, 3.05) is 40.0 Å². The van der Waals surface area contributed by atoms with Crippen LogP contribution in [-0.4, -0.2) is 232 Å². The maximum atomic E-state index is 16.1. The Labute approximate surface area is 619 Å². The van der Waals surface area contributed by atoms with E-state index in [1.165, 1.54) is 26.1 Å². The molecule has 5 aromatic carbocycles. The Morgan fingerprint density at radius 2 is 1.30 bits per heavy atom. The van der Waals surface area contributed by atoms with Gasteiger partial charge in [0.2, 0.25) is 53.4 Å². The van der Waals surface area contributed by atoms with Crippen molar-refractivity contribution in [3.05, 3.63) is 117 Å². The maximum absolute atomic E-state index is 16.1. The van der Waals surface area contributed by atoms with E-state index in [0.29, 0.717) is 0 Å². The zero-order valence-corrected chi connectivity index (χ0v) is 59.4. The highest BCUT2D eigenvalue weighted by Crippen LogP contribution is 2.50. The van der Waals surface area contributed by atoms with Crippen LogP contribution in [0.4, 0.5) is 0 Å². The minimum atomic E-state index is -2.37. The first-order valence-electron chi connectivity index (χ1n) is 33.8. The summed E-state index contributed by atoms with van der Waals surface area (Å²) >= 11 is 14.2. The minimum absolute atomic E-state index is 0.0599. The Morgan fingerprint density at radius 3 is 1.88 bits per heavy atom. The van der Waals surface area contributed by atoms with Crippen molar-refractivity contribution in [3.8, 4) is 57.1 Å². The number of hydrogen-bond acceptors (Lipinski definition) is 27. The minimum Gasteiger partial charge on any atom is -0.508 e. The van der Waals surface area contributed by atoms with Crippen LogP contribution in [0.3, 0.4) is 0 Å². The highest BCUT2D eigenvalue weighted by molar-refractivity contribution is 6.32. The number of nitrogens with zero attached hydrogens (tertiary/aromatic N) is 1. The van der Waals surface area contributed by atoms with Crippen LogP contribution < -0.4 is 57.2 Å². The third kappa shape index (κ3) is 17.2. The topological polar surface area (TPSA) is 548 Å². The summed E-state index contributed by atoms with van der Waals surface area (Å²) in [4.78, 5) is 119. The summed E-state index contributed by atoms with van der Waals surface area (Å²) in [7, 11) is 1.47. The van der Waals surface area contributed by atoms with Crippen molar-refractivity contribution >= 4 is 70.5 Å². The molecule has 5 aromatic rings. The summed E-state index contributed by atoms with van der Waals surface area (Å²) in [5.74, 6) is -16.2. The number of ether oxygens (including phenoxy) is 6. The molecule has 0 unspecified atom stereocenters. The molecule has 35 nitrogen and oxygen atoms in total. The third-order valence-corrected chi connectivity index (χ3v) is 19.8. The van der Waals surface area contributed by atoms with Crippen molar-refractivity contribution in [3.63, 3.8) is 0 Å². The number of fused-ring (bicyclic) bond motifs is 15. The number of carboxylic acids is 1. The monoisotopic (exact) mass is 1540 g/mol. The molecular formula is C70H83Cl2N9O26. The number of likely N-dealkylation sites (N-methyl/N-ethyl adjacent to an activating group) is 1. The van der Waals surface area contributed by atoms with Gasteiger partial charge in [-0.25, -0.2) is 4.79 Å². The Morgan fingerprint density at radius 1 is 0.701 bits per heavy atom. The molecule has 7 aliphatic rings. The van der Waals surface area contributed by atoms with Crippen molar-refractivity contribution in [1.29, 1.82) is 0 Å². The quantitative estimate of drug-likeness (QED) is 0.0522. The SMILES string of the molecule is CN[C@H](CC(C)C)C(=O)N[C@H]1C(=O)N[C@@H](CC(N)=O)C(=O)N[C@H]2C(=O)N[C@H]3C(=O)N[C@H](C(=O)N[C@H](C(=O)O)c4cc(O)cc(O)c4-c4cc3ccc4O)[C@H](O)c3ccc(c(Cl)c3)Oc3cc2cc(c3O[C@@H]2O[C@H](CO)[C@@H](O)[C@H](O)[C@H]2O[C@H]2C[C@](C)(N(CCO)CCO)[C@H](O)[C@H](C)O2)Oc2ccc(cc2Cl)[C@H]1O. The molecule has 0 spiro atoms. The molecule has 7 amide bonds. The molecule has 7 heterocycles. The Kier molecular flexibility index (Phi) is 25.1. The van der Waals surface area contributed by atoms with Gasteiger partial charge in [-0.1, -0.05) is 55.2 Å². The summed E-state index contributed by atoms with van der Waals surface area (Å²) in [6.07, 6.45) is -19.2. The number of aromatic hydroxyl groups is 3. The lowest BCUT2D eigenvalue weighted by molar-refractivity contribution is -0.338. The van der Waals surface area contributed by atoms with Crippen LogP contribution in [0.15, 0.2) is 78.9 Å². The van der Waals surface area contributed by atoms with Gasteiger partial charge in [-0.2, -0.15) is 0 Å². The lowest BCUT2D eigenvalue weighted by atomic mass is 9.83. The number of rotatable bonds is 18. The average molecular weight is 1540 g/mol. The molecule has 7 aliphatic heterocycles. The first-order valence-corrected chi connectivity index (χ1v) is 34.6. The number of amides is 7. The normalized spacial score (nSPS) is 28.5. The Hall–Kier alpha value is -9.28. The van der Waals surface area contributed by atoms with Crippen molar-refractivity contribution < 1.29 is 128 Å². The number of aliphatic hydroxyl groups excluding tert-OH is 8. The zero-order valence-electron chi connectivity index (χ0n) is 57.9. The number of hydrogen-bond donors (Lipinski definition) is 20. The number of aliphatic hydroxyl groups is 8. The van der Waals surface area contributed by atoms with Crippen molar-refractivity contribution in [2.24, 2.45) is 11.7 Å². The smallest absolute Gasteiger partial charge is 0.330 e. The van der Waals surface area contributed by atoms with Gasteiger partial charge in [0.1, 0.15) is 89.5 Å². The zero-order chi connectivity index (χ0) is 77.9. The van der Waals surface area contributed by atoms with E-state index < -0.39 is 250 Å². The molecule has 37 heteroatoms. The Balaban J connectivity index is 1.23. The third-order valence-electron chi connectivity index (χ3n) is 19.2. The fourth-order valence-corrected chi connectivity index (χ4v) is 14.1. The molecule has 578 valence electrons. The van der Waals surface area contributed by atoms with Crippen LogP contribution in [0.2, 0.25) is 10.0 Å². The van der Waals surface area contributed by atoms with Crippen LogP contribution >= 0.6 is 23.2 Å². The van der Waals surface area contributed by atoms with Gasteiger partial charge in [0.15, 0.2) is 29.9 Å². The van der Waals surface area contributed by atoms with Crippen LogP contribution in [0, 0.1) is 5.92 Å². The molecule has 0 saturated carbocycles. The number of phenolic OH excluding ortho intramolecular Hbond substituents is 3. The fraction of sp³-hybridized carbons (Fsp3) is 0.457. The predicted octanol–water partition coefficient (Wildman–Crippen LogP) is -0.566. The van der Waals surface area contributed by atoms with Gasteiger partial charge in [-0.05, 0) is 110 Å². The summed E-state index contributed by atoms with van der Waals surface area (Å²) in [5.41, 5.74) is 1.46. The second-order valence-corrected chi connectivity index (χ2v) is 27.8. The average Bonchev–Trinajstić information content (AvgIpc) is 0.767. The van der Waals surface area contributed by atoms with E-state index in [4.69, 9.17) is 57.4 Å². The molecule has 2 saturated heterocycles. The molecule has 107 heavy (non-hydrogen) atoms. The molecule has 11 bridgehead atoms.